The van der Waals surface area contributed by atoms with Crippen molar-refractivity contribution in [2.45, 2.75) is 40.0 Å². The third-order valence-corrected chi connectivity index (χ3v) is 15.4. The van der Waals surface area contributed by atoms with Gasteiger partial charge in [0.15, 0.2) is 17.4 Å². The maximum absolute atomic E-state index is 14.3. The number of nitrogens with zero attached hydrogens (tertiary/aromatic N) is 4. The van der Waals surface area contributed by atoms with Gasteiger partial charge in [-0.15, -0.1) is 0 Å². The average Bonchev–Trinajstić information content (AvgIpc) is 3.88. The first-order valence-corrected chi connectivity index (χ1v) is 25.1. The lowest BCUT2D eigenvalue weighted by atomic mass is 9.80. The number of rotatable bonds is 8. The monoisotopic (exact) mass is 938 g/mol. The first-order valence-electron chi connectivity index (χ1n) is 25.1. The van der Waals surface area contributed by atoms with Crippen molar-refractivity contribution in [3.63, 3.8) is 0 Å². The molecule has 2 aromatic heterocycles. The van der Waals surface area contributed by atoms with Crippen molar-refractivity contribution in [2.24, 2.45) is 0 Å². The summed E-state index contributed by atoms with van der Waals surface area (Å²) in [5.41, 5.74) is 20.3. The highest BCUT2D eigenvalue weighted by atomic mass is 16.1. The second-order valence-corrected chi connectivity index (χ2v) is 20.0. The van der Waals surface area contributed by atoms with Crippen LogP contribution in [0.15, 0.2) is 212 Å². The topological polar surface area (TPSA) is 60.7 Å². The molecule has 0 aliphatic heterocycles. The van der Waals surface area contributed by atoms with Crippen LogP contribution < -0.4 is 0 Å². The fourth-order valence-electron chi connectivity index (χ4n) is 12.0. The van der Waals surface area contributed by atoms with Gasteiger partial charge in [-0.1, -0.05) is 202 Å². The molecule has 0 unspecified atom stereocenters. The molecule has 348 valence electrons. The molecular formula is C68H50N4O. The first-order chi connectivity index (χ1) is 35.6. The molecule has 2 heterocycles. The summed E-state index contributed by atoms with van der Waals surface area (Å²) in [5.74, 6) is 1.52. The fourth-order valence-corrected chi connectivity index (χ4v) is 12.0. The molecule has 1 aliphatic carbocycles. The van der Waals surface area contributed by atoms with E-state index in [1.165, 1.54) is 77.5 Å². The Labute approximate surface area is 425 Å². The highest BCUT2D eigenvalue weighted by Crippen LogP contribution is 2.53. The van der Waals surface area contributed by atoms with E-state index >= 15 is 0 Å². The molecule has 5 nitrogen and oxygen atoms in total. The molecule has 0 fully saturated rings. The molecule has 12 aromatic rings. The van der Waals surface area contributed by atoms with Gasteiger partial charge in [0.2, 0.25) is 5.95 Å². The van der Waals surface area contributed by atoms with Crippen LogP contribution in [-0.2, 0) is 5.41 Å². The van der Waals surface area contributed by atoms with E-state index in [1.54, 1.807) is 0 Å². The summed E-state index contributed by atoms with van der Waals surface area (Å²) < 4.78 is 2.16. The van der Waals surface area contributed by atoms with Crippen LogP contribution in [-0.4, -0.2) is 25.3 Å². The van der Waals surface area contributed by atoms with Crippen LogP contribution in [0, 0.1) is 20.8 Å². The highest BCUT2D eigenvalue weighted by molar-refractivity contribution is 6.16. The van der Waals surface area contributed by atoms with Gasteiger partial charge in [-0.05, 0) is 128 Å². The molecule has 13 rings (SSSR count). The quantitative estimate of drug-likeness (QED) is 0.142. The number of carbonyl (C=O) groups excluding carboxylic acids is 1. The number of fused-ring (bicyclic) bond motifs is 8. The lowest BCUT2D eigenvalue weighted by Gasteiger charge is -2.23. The van der Waals surface area contributed by atoms with Crippen LogP contribution >= 0.6 is 0 Å². The summed E-state index contributed by atoms with van der Waals surface area (Å²) >= 11 is 0. The minimum Gasteiger partial charge on any atom is -0.289 e. The Hall–Kier alpha value is -9.06. The SMILES string of the molecule is Cc1c(-c2ccccc2)c(C)c(-c2cccc(-c3nc(-c4ccccc4)nc(-n4c5cc(C(=O)c6ccccc6)ccc5c5cc6c(cc54)C(C)(C)c4ccc5ccccc5c4-6)n3)c2)c(C)c1-c1ccccc1. The van der Waals surface area contributed by atoms with E-state index in [9.17, 15) is 4.79 Å². The molecule has 10 aromatic carbocycles. The molecule has 0 saturated carbocycles. The maximum atomic E-state index is 14.3. The normalized spacial score (nSPS) is 12.6. The predicted molar refractivity (Wildman–Crippen MR) is 301 cm³/mol. The zero-order valence-electron chi connectivity index (χ0n) is 41.4. The van der Waals surface area contributed by atoms with Crippen LogP contribution in [0.4, 0.5) is 0 Å². The van der Waals surface area contributed by atoms with E-state index < -0.39 is 0 Å². The van der Waals surface area contributed by atoms with E-state index in [0.29, 0.717) is 28.7 Å². The lowest BCUT2D eigenvalue weighted by molar-refractivity contribution is 0.103. The van der Waals surface area contributed by atoms with Crippen LogP contribution in [0.3, 0.4) is 0 Å². The van der Waals surface area contributed by atoms with Gasteiger partial charge in [0.25, 0.3) is 0 Å². The van der Waals surface area contributed by atoms with Gasteiger partial charge < -0.3 is 0 Å². The summed E-state index contributed by atoms with van der Waals surface area (Å²) in [7, 11) is 0. The number of carbonyl (C=O) groups is 1. The number of hydrogen-bond acceptors (Lipinski definition) is 4. The average molecular weight is 939 g/mol. The van der Waals surface area contributed by atoms with Crippen LogP contribution in [0.1, 0.15) is 57.6 Å². The van der Waals surface area contributed by atoms with Crippen molar-refractivity contribution >= 4 is 38.4 Å². The zero-order chi connectivity index (χ0) is 49.5. The number of hydrogen-bond donors (Lipinski definition) is 0. The summed E-state index contributed by atoms with van der Waals surface area (Å²) in [6, 6.07) is 73.8. The highest BCUT2D eigenvalue weighted by Gasteiger charge is 2.38. The standard InChI is InChI=1S/C68H50N4O/c1-41-60(45-22-10-6-11-23-45)42(2)62(43(3)61(41)46-24-12-7-13-25-46)49-30-20-31-51(37-49)66-69-65(48-28-16-9-17-29-48)70-67(71-66)72-58-38-50(64(73)47-26-14-8-15-27-47)33-35-53(58)54-39-55-57(40-59(54)72)68(4,5)56-36-34-44-21-18-19-32-52(44)63(55)56/h6-40H,1-5H3. The fraction of sp³-hybridized carbons (Fsp3) is 0.0882. The van der Waals surface area contributed by atoms with Crippen LogP contribution in [0.5, 0.6) is 0 Å². The Balaban J connectivity index is 1.07. The number of ketones is 1. The summed E-state index contributed by atoms with van der Waals surface area (Å²) in [6.45, 7) is 11.4. The molecule has 0 bridgehead atoms. The van der Waals surface area contributed by atoms with Crippen molar-refractivity contribution in [1.29, 1.82) is 0 Å². The third-order valence-electron chi connectivity index (χ3n) is 15.4. The van der Waals surface area contributed by atoms with Crippen LogP contribution in [0.2, 0.25) is 0 Å². The molecule has 73 heavy (non-hydrogen) atoms. The van der Waals surface area contributed by atoms with Gasteiger partial charge in [0, 0.05) is 38.4 Å². The lowest BCUT2D eigenvalue weighted by Crippen LogP contribution is -2.15. The van der Waals surface area contributed by atoms with Crippen molar-refractivity contribution in [3.8, 4) is 73.2 Å². The van der Waals surface area contributed by atoms with E-state index in [2.05, 4.69) is 179 Å². The molecular weight excluding hydrogens is 889 g/mol. The minimum atomic E-state index is -0.300. The van der Waals surface area contributed by atoms with E-state index in [4.69, 9.17) is 15.0 Å². The van der Waals surface area contributed by atoms with Crippen molar-refractivity contribution in [3.05, 3.63) is 251 Å². The summed E-state index contributed by atoms with van der Waals surface area (Å²) in [5, 5.41) is 4.52. The maximum Gasteiger partial charge on any atom is 0.238 e. The largest absolute Gasteiger partial charge is 0.289 e. The van der Waals surface area contributed by atoms with Gasteiger partial charge in [-0.3, -0.25) is 9.36 Å². The van der Waals surface area contributed by atoms with Gasteiger partial charge in [-0.25, -0.2) is 4.98 Å². The molecule has 0 radical (unpaired) electrons. The molecule has 0 saturated heterocycles. The second-order valence-electron chi connectivity index (χ2n) is 20.0. The smallest absolute Gasteiger partial charge is 0.238 e. The van der Waals surface area contributed by atoms with E-state index in [-0.39, 0.29) is 11.2 Å². The number of aromatic nitrogens is 4. The Bertz CT molecular complexity index is 4130. The zero-order valence-corrected chi connectivity index (χ0v) is 41.4. The summed E-state index contributed by atoms with van der Waals surface area (Å²) in [4.78, 5) is 30.5. The van der Waals surface area contributed by atoms with Crippen LogP contribution in [0.25, 0.3) is 106 Å². The van der Waals surface area contributed by atoms with Crippen molar-refractivity contribution in [1.82, 2.24) is 19.5 Å². The Morgan fingerprint density at radius 2 is 0.932 bits per heavy atom. The Kier molecular flexibility index (Phi) is 10.3. The summed E-state index contributed by atoms with van der Waals surface area (Å²) in [6.07, 6.45) is 0. The Morgan fingerprint density at radius 1 is 0.397 bits per heavy atom. The van der Waals surface area contributed by atoms with Crippen molar-refractivity contribution in [2.75, 3.05) is 0 Å². The molecule has 0 atom stereocenters. The van der Waals surface area contributed by atoms with E-state index in [1.807, 2.05) is 72.8 Å². The molecule has 0 spiro atoms. The molecule has 0 N–H and O–H groups in total. The van der Waals surface area contributed by atoms with Gasteiger partial charge in [0.05, 0.1) is 11.0 Å². The van der Waals surface area contributed by atoms with Gasteiger partial charge in [0.1, 0.15) is 0 Å². The predicted octanol–water partition coefficient (Wildman–Crippen LogP) is 16.9. The minimum absolute atomic E-state index is 0.0472. The molecule has 0 amide bonds. The Morgan fingerprint density at radius 3 is 1.59 bits per heavy atom. The van der Waals surface area contributed by atoms with Gasteiger partial charge in [-0.2, -0.15) is 9.97 Å². The third kappa shape index (κ3) is 7.06. The molecule has 1 aliphatic rings. The second kappa shape index (κ2) is 17.1. The first kappa shape index (κ1) is 43.9. The number of benzene rings is 10. The molecule has 5 heteroatoms. The van der Waals surface area contributed by atoms with Gasteiger partial charge >= 0.3 is 0 Å². The van der Waals surface area contributed by atoms with E-state index in [0.717, 1.165) is 38.5 Å². The van der Waals surface area contributed by atoms with Crippen molar-refractivity contribution < 1.29 is 4.79 Å².